The highest BCUT2D eigenvalue weighted by atomic mass is 35.5. The lowest BCUT2D eigenvalue weighted by Gasteiger charge is -2.50. The zero-order valence-corrected chi connectivity index (χ0v) is 28.6. The Morgan fingerprint density at radius 2 is 1.51 bits per heavy atom. The van der Waals surface area contributed by atoms with Gasteiger partial charge in [-0.25, -0.2) is 4.39 Å². The molecule has 6 unspecified atom stereocenters. The number of anilines is 2. The Kier molecular flexibility index (Phi) is 7.92. The van der Waals surface area contributed by atoms with Crippen LogP contribution in [-0.2, 0) is 24.6 Å². The number of carbonyl (C=O) groups is 4. The van der Waals surface area contributed by atoms with E-state index < -0.39 is 58.5 Å². The largest absolute Gasteiger partial charge is 0.508 e. The monoisotopic (exact) mass is 725 g/mol. The van der Waals surface area contributed by atoms with Gasteiger partial charge in [0.05, 0.1) is 41.7 Å². The van der Waals surface area contributed by atoms with Crippen LogP contribution in [0.1, 0.15) is 29.9 Å². The summed E-state index contributed by atoms with van der Waals surface area (Å²) in [6.07, 6.45) is 2.23. The number of amides is 4. The molecule has 3 fully saturated rings. The smallest absolute Gasteiger partial charge is 0.260 e. The van der Waals surface area contributed by atoms with Gasteiger partial charge in [-0.2, -0.15) is 5.01 Å². The van der Waals surface area contributed by atoms with Crippen molar-refractivity contribution in [1.29, 1.82) is 0 Å². The highest BCUT2D eigenvalue weighted by Gasteiger charge is 2.70. The molecular formula is C39H30Cl2FN3O6. The maximum absolute atomic E-state index is 15.2. The van der Waals surface area contributed by atoms with E-state index in [1.165, 1.54) is 48.4 Å². The number of halogens is 3. The molecule has 2 aliphatic carbocycles. The summed E-state index contributed by atoms with van der Waals surface area (Å²) in [6.45, 7) is 0. The lowest BCUT2D eigenvalue weighted by Crippen LogP contribution is -2.53. The second-order valence-electron chi connectivity index (χ2n) is 13.3. The molecule has 258 valence electrons. The molecule has 6 atom stereocenters. The van der Waals surface area contributed by atoms with E-state index in [-0.39, 0.29) is 30.2 Å². The van der Waals surface area contributed by atoms with Crippen molar-refractivity contribution in [1.82, 2.24) is 5.01 Å². The summed E-state index contributed by atoms with van der Waals surface area (Å²) in [6, 6.07) is 23.1. The number of rotatable bonds is 6. The fourth-order valence-corrected chi connectivity index (χ4v) is 9.03. The van der Waals surface area contributed by atoms with Gasteiger partial charge in [-0.15, -0.1) is 0 Å². The Hall–Kier alpha value is -5.19. The lowest BCUT2D eigenvalue weighted by atomic mass is 9.49. The first-order chi connectivity index (χ1) is 24.5. The van der Waals surface area contributed by atoms with Gasteiger partial charge in [0.15, 0.2) is 0 Å². The van der Waals surface area contributed by atoms with Gasteiger partial charge in [-0.3, -0.25) is 29.5 Å². The third-order valence-corrected chi connectivity index (χ3v) is 11.4. The number of nitrogens with zero attached hydrogens (tertiary/aromatic N) is 2. The quantitative estimate of drug-likeness (QED) is 0.162. The standard InChI is InChI=1S/C39H30Cl2FN3O6/c1-51-32-18-26(46)14-15-28(32)34-27-16-17-29-33(37(49)44(35(29)47)25-12-6-22(41)7-13-25)30(27)19-31-36(48)45(43-24-10-8-23(42)9-11-24)38(50)39(31,34)20-2-4-21(40)5-3-20/h2-16,18,29-31,33-34,43,46H,17,19H2,1H3. The van der Waals surface area contributed by atoms with Crippen LogP contribution in [0.5, 0.6) is 11.5 Å². The van der Waals surface area contributed by atoms with Crippen LogP contribution in [0.4, 0.5) is 15.8 Å². The molecule has 9 nitrogen and oxygen atoms in total. The van der Waals surface area contributed by atoms with Gasteiger partial charge in [0, 0.05) is 27.6 Å². The Morgan fingerprint density at radius 3 is 2.18 bits per heavy atom. The average molecular weight is 727 g/mol. The van der Waals surface area contributed by atoms with Crippen molar-refractivity contribution in [3.8, 4) is 11.5 Å². The van der Waals surface area contributed by atoms with Crippen LogP contribution in [0, 0.1) is 29.5 Å². The first-order valence-corrected chi connectivity index (χ1v) is 17.2. The molecule has 4 aromatic rings. The van der Waals surface area contributed by atoms with E-state index in [2.05, 4.69) is 5.43 Å². The second kappa shape index (κ2) is 12.2. The number of benzene rings is 4. The van der Waals surface area contributed by atoms with E-state index in [4.69, 9.17) is 27.9 Å². The molecule has 2 N–H and O–H groups in total. The van der Waals surface area contributed by atoms with Crippen LogP contribution in [-0.4, -0.2) is 40.9 Å². The normalized spacial score (nSPS) is 26.8. The highest BCUT2D eigenvalue weighted by Crippen LogP contribution is 2.65. The maximum atomic E-state index is 15.2. The van der Waals surface area contributed by atoms with Gasteiger partial charge >= 0.3 is 0 Å². The van der Waals surface area contributed by atoms with E-state index in [9.17, 15) is 23.9 Å². The molecular weight excluding hydrogens is 696 g/mol. The number of nitrogens with one attached hydrogen (secondary N) is 1. The number of allylic oxidation sites excluding steroid dienone is 2. The van der Waals surface area contributed by atoms with Gasteiger partial charge in [0.25, 0.3) is 11.8 Å². The SMILES string of the molecule is COc1cc(O)ccc1C1C2=CCC3C(=O)N(c4ccc(Cl)cc4)C(=O)C3C2CC2C(=O)N(Nc3ccc(F)cc3)C(=O)C21c1ccc(Cl)cc1. The minimum Gasteiger partial charge on any atom is -0.508 e. The number of aromatic hydroxyl groups is 1. The Labute approximate surface area is 302 Å². The predicted octanol–water partition coefficient (Wildman–Crippen LogP) is 7.04. The van der Waals surface area contributed by atoms with E-state index in [1.807, 2.05) is 6.08 Å². The molecule has 2 aliphatic heterocycles. The number of carbonyl (C=O) groups excluding carboxylic acids is 4. The molecule has 4 aliphatic rings. The molecule has 0 radical (unpaired) electrons. The summed E-state index contributed by atoms with van der Waals surface area (Å²) in [7, 11) is 1.45. The molecule has 8 rings (SSSR count). The number of hydrogen-bond donors (Lipinski definition) is 2. The average Bonchev–Trinajstić information content (AvgIpc) is 3.50. The molecule has 0 spiro atoms. The third kappa shape index (κ3) is 4.95. The summed E-state index contributed by atoms with van der Waals surface area (Å²) in [4.78, 5) is 59.6. The molecule has 0 aromatic heterocycles. The summed E-state index contributed by atoms with van der Waals surface area (Å²) in [5.74, 6) is -6.17. The Morgan fingerprint density at radius 1 is 0.843 bits per heavy atom. The molecule has 0 bridgehead atoms. The summed E-state index contributed by atoms with van der Waals surface area (Å²) in [5, 5.41) is 12.3. The van der Waals surface area contributed by atoms with E-state index in [0.29, 0.717) is 32.5 Å². The number of fused-ring (bicyclic) bond motifs is 4. The molecule has 12 heteroatoms. The fourth-order valence-electron chi connectivity index (χ4n) is 8.78. The number of ether oxygens (including phenoxy) is 1. The van der Waals surface area contributed by atoms with Crippen molar-refractivity contribution < 1.29 is 33.4 Å². The topological polar surface area (TPSA) is 116 Å². The maximum Gasteiger partial charge on any atom is 0.260 e. The van der Waals surface area contributed by atoms with E-state index in [0.717, 1.165) is 10.6 Å². The van der Waals surface area contributed by atoms with E-state index in [1.54, 1.807) is 54.6 Å². The molecule has 2 heterocycles. The number of phenolic OH excluding ortho intramolecular Hbond substituents is 1. The fraction of sp³-hybridized carbons (Fsp3) is 0.231. The number of phenols is 1. The van der Waals surface area contributed by atoms with Crippen LogP contribution < -0.4 is 15.1 Å². The number of methoxy groups -OCH3 is 1. The van der Waals surface area contributed by atoms with Crippen LogP contribution in [0.2, 0.25) is 10.0 Å². The van der Waals surface area contributed by atoms with Gasteiger partial charge < -0.3 is 9.84 Å². The summed E-state index contributed by atoms with van der Waals surface area (Å²) in [5.41, 5.74) is 3.79. The van der Waals surface area contributed by atoms with Crippen molar-refractivity contribution in [3.05, 3.63) is 130 Å². The van der Waals surface area contributed by atoms with Crippen molar-refractivity contribution in [2.45, 2.75) is 24.2 Å². The minimum atomic E-state index is -1.59. The first kappa shape index (κ1) is 33.0. The van der Waals surface area contributed by atoms with Crippen molar-refractivity contribution in [2.24, 2.45) is 23.7 Å². The number of hydrazine groups is 1. The van der Waals surface area contributed by atoms with Crippen molar-refractivity contribution in [3.63, 3.8) is 0 Å². The van der Waals surface area contributed by atoms with Gasteiger partial charge in [-0.1, -0.05) is 53.1 Å². The molecule has 4 aromatic carbocycles. The van der Waals surface area contributed by atoms with Gasteiger partial charge in [-0.05, 0) is 91.1 Å². The first-order valence-electron chi connectivity index (χ1n) is 16.4. The van der Waals surface area contributed by atoms with E-state index >= 15 is 4.79 Å². The molecule has 1 saturated carbocycles. The highest BCUT2D eigenvalue weighted by molar-refractivity contribution is 6.31. The summed E-state index contributed by atoms with van der Waals surface area (Å²) >= 11 is 12.5. The Bertz CT molecular complexity index is 2140. The third-order valence-electron chi connectivity index (χ3n) is 10.9. The zero-order chi connectivity index (χ0) is 35.8. The van der Waals surface area contributed by atoms with Crippen molar-refractivity contribution >= 4 is 58.2 Å². The molecule has 51 heavy (non-hydrogen) atoms. The van der Waals surface area contributed by atoms with Gasteiger partial charge in [0.1, 0.15) is 17.3 Å². The number of imide groups is 2. The number of hydrogen-bond acceptors (Lipinski definition) is 7. The van der Waals surface area contributed by atoms with Gasteiger partial charge in [0.2, 0.25) is 11.8 Å². The molecule has 2 saturated heterocycles. The molecule has 4 amide bonds. The van der Waals surface area contributed by atoms with Crippen LogP contribution in [0.25, 0.3) is 0 Å². The lowest BCUT2D eigenvalue weighted by molar-refractivity contribution is -0.138. The van der Waals surface area contributed by atoms with Crippen LogP contribution in [0.15, 0.2) is 103 Å². The summed E-state index contributed by atoms with van der Waals surface area (Å²) < 4.78 is 19.7. The Balaban J connectivity index is 1.34. The van der Waals surface area contributed by atoms with Crippen molar-refractivity contribution in [2.75, 3.05) is 17.4 Å². The predicted molar refractivity (Wildman–Crippen MR) is 188 cm³/mol. The van der Waals surface area contributed by atoms with Crippen LogP contribution >= 0.6 is 23.2 Å². The second-order valence-corrected chi connectivity index (χ2v) is 14.2. The zero-order valence-electron chi connectivity index (χ0n) is 27.1. The van der Waals surface area contributed by atoms with Crippen LogP contribution in [0.3, 0.4) is 0 Å². The minimum absolute atomic E-state index is 0.0682.